The van der Waals surface area contributed by atoms with Gasteiger partial charge in [-0.3, -0.25) is 0 Å². The zero-order valence-electron chi connectivity index (χ0n) is 12.3. The van der Waals surface area contributed by atoms with E-state index < -0.39 is 6.09 Å². The number of ether oxygens (including phenoxy) is 1. The highest BCUT2D eigenvalue weighted by Gasteiger charge is 2.24. The molecule has 0 bridgehead atoms. The van der Waals surface area contributed by atoms with Gasteiger partial charge in [-0.05, 0) is 35.1 Å². The Morgan fingerprint density at radius 1 is 1.18 bits per heavy atom. The molecule has 4 nitrogen and oxygen atoms in total. The molecule has 4 heteroatoms. The average molecular weight is 297 g/mol. The van der Waals surface area contributed by atoms with Gasteiger partial charge in [0.1, 0.15) is 6.61 Å². The first-order chi connectivity index (χ1) is 10.8. The summed E-state index contributed by atoms with van der Waals surface area (Å²) in [7, 11) is 0. The molecule has 1 aliphatic carbocycles. The Bertz CT molecular complexity index is 655. The van der Waals surface area contributed by atoms with Crippen LogP contribution in [0.15, 0.2) is 48.5 Å². The van der Waals surface area contributed by atoms with Crippen molar-refractivity contribution >= 4 is 6.09 Å². The van der Waals surface area contributed by atoms with Gasteiger partial charge in [0, 0.05) is 0 Å². The zero-order valence-corrected chi connectivity index (χ0v) is 12.3. The molecule has 1 unspecified atom stereocenters. The average Bonchev–Trinajstić information content (AvgIpc) is 2.96. The van der Waals surface area contributed by atoms with Crippen molar-refractivity contribution in [2.75, 3.05) is 0 Å². The highest BCUT2D eigenvalue weighted by Crippen LogP contribution is 2.31. The minimum absolute atomic E-state index is 0.0124. The number of benzene rings is 2. The normalized spacial score (nSPS) is 16.1. The van der Waals surface area contributed by atoms with E-state index in [4.69, 9.17) is 4.74 Å². The SMILES string of the molecule is O=C(NC1CCc2ccc(CO)cc21)OCc1ccccc1. The summed E-state index contributed by atoms with van der Waals surface area (Å²) in [5.74, 6) is 0. The summed E-state index contributed by atoms with van der Waals surface area (Å²) >= 11 is 0. The van der Waals surface area contributed by atoms with Gasteiger partial charge in [0.25, 0.3) is 0 Å². The Labute approximate surface area is 129 Å². The molecule has 0 aliphatic heterocycles. The van der Waals surface area contributed by atoms with Crippen LogP contribution in [0.5, 0.6) is 0 Å². The van der Waals surface area contributed by atoms with Crippen molar-refractivity contribution in [2.45, 2.75) is 32.1 Å². The van der Waals surface area contributed by atoms with Crippen LogP contribution >= 0.6 is 0 Å². The number of carbonyl (C=O) groups is 1. The minimum Gasteiger partial charge on any atom is -0.445 e. The monoisotopic (exact) mass is 297 g/mol. The second-order valence-corrected chi connectivity index (χ2v) is 5.49. The van der Waals surface area contributed by atoms with Crippen LogP contribution in [0.2, 0.25) is 0 Å². The van der Waals surface area contributed by atoms with Crippen LogP contribution in [0.1, 0.15) is 34.7 Å². The summed E-state index contributed by atoms with van der Waals surface area (Å²) in [4.78, 5) is 12.0. The Morgan fingerprint density at radius 3 is 2.77 bits per heavy atom. The second-order valence-electron chi connectivity index (χ2n) is 5.49. The lowest BCUT2D eigenvalue weighted by Gasteiger charge is -2.15. The van der Waals surface area contributed by atoms with Crippen LogP contribution < -0.4 is 5.32 Å². The summed E-state index contributed by atoms with van der Waals surface area (Å²) in [5.41, 5.74) is 4.14. The van der Waals surface area contributed by atoms with E-state index in [0.717, 1.165) is 29.5 Å². The molecule has 114 valence electrons. The second kappa shape index (κ2) is 6.62. The number of hydrogen-bond donors (Lipinski definition) is 2. The first-order valence-electron chi connectivity index (χ1n) is 7.46. The van der Waals surface area contributed by atoms with Crippen LogP contribution in [0.25, 0.3) is 0 Å². The maximum absolute atomic E-state index is 12.0. The van der Waals surface area contributed by atoms with E-state index in [-0.39, 0.29) is 19.3 Å². The van der Waals surface area contributed by atoms with Gasteiger partial charge < -0.3 is 15.2 Å². The molecule has 0 spiro atoms. The third-order valence-corrected chi connectivity index (χ3v) is 3.98. The quantitative estimate of drug-likeness (QED) is 0.911. The topological polar surface area (TPSA) is 58.6 Å². The number of fused-ring (bicyclic) bond motifs is 1. The minimum atomic E-state index is -0.406. The lowest BCUT2D eigenvalue weighted by atomic mass is 10.0. The van der Waals surface area contributed by atoms with Crippen LogP contribution in [-0.2, 0) is 24.4 Å². The van der Waals surface area contributed by atoms with Gasteiger partial charge in [-0.25, -0.2) is 4.79 Å². The standard InChI is InChI=1S/C18H19NO3/c20-11-14-6-7-15-8-9-17(16(15)10-14)19-18(21)22-12-13-4-2-1-3-5-13/h1-7,10,17,20H,8-9,11-12H2,(H,19,21). The van der Waals surface area contributed by atoms with Gasteiger partial charge in [-0.1, -0.05) is 48.5 Å². The number of rotatable bonds is 4. The van der Waals surface area contributed by atoms with Crippen LogP contribution in [0, 0.1) is 0 Å². The fourth-order valence-corrected chi connectivity index (χ4v) is 2.81. The predicted octanol–water partition coefficient (Wildman–Crippen LogP) is 3.09. The van der Waals surface area contributed by atoms with E-state index in [2.05, 4.69) is 5.32 Å². The van der Waals surface area contributed by atoms with Crippen molar-refractivity contribution in [3.8, 4) is 0 Å². The Balaban J connectivity index is 1.59. The summed E-state index contributed by atoms with van der Waals surface area (Å²) in [6, 6.07) is 15.5. The number of carbonyl (C=O) groups excluding carboxylic acids is 1. The number of hydrogen-bond acceptors (Lipinski definition) is 3. The summed E-state index contributed by atoms with van der Waals surface area (Å²) in [5, 5.41) is 12.1. The fourth-order valence-electron chi connectivity index (χ4n) is 2.81. The molecule has 1 aliphatic rings. The number of alkyl carbamates (subject to hydrolysis) is 1. The highest BCUT2D eigenvalue weighted by molar-refractivity contribution is 5.68. The van der Waals surface area contributed by atoms with Crippen molar-refractivity contribution in [1.82, 2.24) is 5.32 Å². The molecule has 0 aromatic heterocycles. The van der Waals surface area contributed by atoms with Crippen molar-refractivity contribution in [2.24, 2.45) is 0 Å². The van der Waals surface area contributed by atoms with Crippen molar-refractivity contribution in [3.05, 3.63) is 70.8 Å². The van der Waals surface area contributed by atoms with E-state index >= 15 is 0 Å². The van der Waals surface area contributed by atoms with Crippen molar-refractivity contribution in [3.63, 3.8) is 0 Å². The van der Waals surface area contributed by atoms with E-state index in [1.54, 1.807) is 0 Å². The molecule has 0 fully saturated rings. The Hall–Kier alpha value is -2.33. The number of nitrogens with one attached hydrogen (secondary N) is 1. The summed E-state index contributed by atoms with van der Waals surface area (Å²) in [6.07, 6.45) is 1.39. The van der Waals surface area contributed by atoms with E-state index in [1.165, 1.54) is 5.56 Å². The number of aryl methyl sites for hydroxylation is 1. The summed E-state index contributed by atoms with van der Waals surface area (Å²) < 4.78 is 5.26. The molecule has 0 radical (unpaired) electrons. The molecule has 2 N–H and O–H groups in total. The molecule has 1 atom stereocenters. The van der Waals surface area contributed by atoms with Crippen molar-refractivity contribution in [1.29, 1.82) is 0 Å². The molecular formula is C18H19NO3. The molecule has 22 heavy (non-hydrogen) atoms. The lowest BCUT2D eigenvalue weighted by molar-refractivity contribution is 0.135. The van der Waals surface area contributed by atoms with Gasteiger partial charge in [-0.15, -0.1) is 0 Å². The van der Waals surface area contributed by atoms with Gasteiger partial charge in [0.05, 0.1) is 12.6 Å². The maximum atomic E-state index is 12.0. The summed E-state index contributed by atoms with van der Waals surface area (Å²) in [6.45, 7) is 0.279. The van der Waals surface area contributed by atoms with E-state index in [9.17, 15) is 9.90 Å². The van der Waals surface area contributed by atoms with E-state index in [0.29, 0.717) is 0 Å². The molecular weight excluding hydrogens is 278 g/mol. The highest BCUT2D eigenvalue weighted by atomic mass is 16.5. The fraction of sp³-hybridized carbons (Fsp3) is 0.278. The van der Waals surface area contributed by atoms with Gasteiger partial charge in [-0.2, -0.15) is 0 Å². The van der Waals surface area contributed by atoms with Gasteiger partial charge >= 0.3 is 6.09 Å². The van der Waals surface area contributed by atoms with E-state index in [1.807, 2.05) is 48.5 Å². The smallest absolute Gasteiger partial charge is 0.407 e. The largest absolute Gasteiger partial charge is 0.445 e. The number of amides is 1. The van der Waals surface area contributed by atoms with Gasteiger partial charge in [0.15, 0.2) is 0 Å². The third kappa shape index (κ3) is 3.28. The predicted molar refractivity (Wildman–Crippen MR) is 83.2 cm³/mol. The molecule has 0 heterocycles. The third-order valence-electron chi connectivity index (χ3n) is 3.98. The van der Waals surface area contributed by atoms with Crippen molar-refractivity contribution < 1.29 is 14.6 Å². The van der Waals surface area contributed by atoms with Crippen LogP contribution in [0.4, 0.5) is 4.79 Å². The molecule has 0 saturated heterocycles. The zero-order chi connectivity index (χ0) is 15.4. The molecule has 2 aromatic carbocycles. The van der Waals surface area contributed by atoms with Crippen LogP contribution in [-0.4, -0.2) is 11.2 Å². The number of aliphatic hydroxyl groups is 1. The molecule has 3 rings (SSSR count). The molecule has 0 saturated carbocycles. The first-order valence-corrected chi connectivity index (χ1v) is 7.46. The molecule has 1 amide bonds. The Morgan fingerprint density at radius 2 is 2.00 bits per heavy atom. The maximum Gasteiger partial charge on any atom is 0.407 e. The molecule has 2 aromatic rings. The number of aliphatic hydroxyl groups excluding tert-OH is 1. The van der Waals surface area contributed by atoms with Gasteiger partial charge in [0.2, 0.25) is 0 Å². The van der Waals surface area contributed by atoms with Crippen LogP contribution in [0.3, 0.4) is 0 Å². The first kappa shape index (κ1) is 14.6. The lowest BCUT2D eigenvalue weighted by Crippen LogP contribution is -2.27. The Kier molecular flexibility index (Phi) is 4.39.